The van der Waals surface area contributed by atoms with Crippen molar-refractivity contribution in [1.29, 1.82) is 0 Å². The van der Waals surface area contributed by atoms with E-state index in [0.717, 1.165) is 5.56 Å². The van der Waals surface area contributed by atoms with Gasteiger partial charge in [0.1, 0.15) is 0 Å². The highest BCUT2D eigenvalue weighted by molar-refractivity contribution is 7.89. The quantitative estimate of drug-likeness (QED) is 0.772. The SMILES string of the molecule is CN1C(=O)N[C@H](c2ccc(Cl)cc2)C2=C1CN(c1ccc(S(N)(=O)=O)cc1)C2=O. The van der Waals surface area contributed by atoms with E-state index in [2.05, 4.69) is 5.32 Å². The lowest BCUT2D eigenvalue weighted by Crippen LogP contribution is -2.45. The molecule has 1 atom stereocenters. The highest BCUT2D eigenvalue weighted by atomic mass is 35.5. The summed E-state index contributed by atoms with van der Waals surface area (Å²) in [7, 11) is -2.23. The van der Waals surface area contributed by atoms with Gasteiger partial charge in [0.15, 0.2) is 0 Å². The Kier molecular flexibility index (Phi) is 4.60. The van der Waals surface area contributed by atoms with E-state index in [4.69, 9.17) is 16.7 Å². The smallest absolute Gasteiger partial charge is 0.322 e. The number of likely N-dealkylation sites (N-methyl/N-ethyl adjacent to an activating group) is 1. The third-order valence-corrected chi connectivity index (χ3v) is 6.22. The van der Waals surface area contributed by atoms with Gasteiger partial charge in [0, 0.05) is 17.8 Å². The standard InChI is InChI=1S/C19H17ClN4O4S/c1-23-15-10-24(13-6-8-14(9-7-13)29(21,27)28)18(25)16(15)17(22-19(23)26)11-2-4-12(20)5-3-11/h2-9,17H,10H2,1H3,(H,22,26)(H2,21,27,28)/t17-/m1/s1. The maximum absolute atomic E-state index is 13.2. The van der Waals surface area contributed by atoms with Crippen molar-refractivity contribution in [2.45, 2.75) is 10.9 Å². The number of urea groups is 1. The number of rotatable bonds is 3. The molecule has 2 aliphatic rings. The topological polar surface area (TPSA) is 113 Å². The number of sulfonamides is 1. The third-order valence-electron chi connectivity index (χ3n) is 5.04. The van der Waals surface area contributed by atoms with Crippen LogP contribution in [0.2, 0.25) is 5.02 Å². The fourth-order valence-electron chi connectivity index (χ4n) is 3.50. The average molecular weight is 433 g/mol. The second-order valence-electron chi connectivity index (χ2n) is 6.78. The molecule has 0 aromatic heterocycles. The zero-order valence-corrected chi connectivity index (χ0v) is 16.9. The lowest BCUT2D eigenvalue weighted by molar-refractivity contribution is -0.114. The number of amides is 3. The fourth-order valence-corrected chi connectivity index (χ4v) is 4.14. The molecule has 2 aromatic rings. The van der Waals surface area contributed by atoms with Gasteiger partial charge < -0.3 is 10.2 Å². The van der Waals surface area contributed by atoms with Crippen molar-refractivity contribution in [3.63, 3.8) is 0 Å². The molecule has 0 unspecified atom stereocenters. The highest BCUT2D eigenvalue weighted by Crippen LogP contribution is 2.37. The van der Waals surface area contributed by atoms with Gasteiger partial charge in [0.25, 0.3) is 5.91 Å². The maximum atomic E-state index is 13.2. The van der Waals surface area contributed by atoms with Gasteiger partial charge in [0.05, 0.1) is 28.8 Å². The number of carbonyl (C=O) groups is 2. The van der Waals surface area contributed by atoms with E-state index in [1.165, 1.54) is 34.1 Å². The van der Waals surface area contributed by atoms with Crippen molar-refractivity contribution in [3.8, 4) is 0 Å². The number of hydrogen-bond donors (Lipinski definition) is 2. The van der Waals surface area contributed by atoms with E-state index in [-0.39, 0.29) is 23.4 Å². The summed E-state index contributed by atoms with van der Waals surface area (Å²) in [5.74, 6) is -0.268. The first-order valence-electron chi connectivity index (χ1n) is 8.64. The van der Waals surface area contributed by atoms with Crippen LogP contribution in [0.4, 0.5) is 10.5 Å². The van der Waals surface area contributed by atoms with Crippen molar-refractivity contribution >= 4 is 39.2 Å². The van der Waals surface area contributed by atoms with E-state index in [1.54, 1.807) is 31.3 Å². The number of hydrogen-bond acceptors (Lipinski definition) is 4. The molecular weight excluding hydrogens is 416 g/mol. The van der Waals surface area contributed by atoms with Crippen LogP contribution in [0.5, 0.6) is 0 Å². The summed E-state index contributed by atoms with van der Waals surface area (Å²) < 4.78 is 22.9. The predicted molar refractivity (Wildman–Crippen MR) is 108 cm³/mol. The Bertz CT molecular complexity index is 1140. The van der Waals surface area contributed by atoms with Crippen molar-refractivity contribution in [3.05, 3.63) is 70.4 Å². The van der Waals surface area contributed by atoms with E-state index < -0.39 is 16.1 Å². The van der Waals surface area contributed by atoms with E-state index in [1.807, 2.05) is 0 Å². The van der Waals surface area contributed by atoms with E-state index >= 15 is 0 Å². The number of benzene rings is 2. The normalized spacial score (nSPS) is 19.5. The van der Waals surface area contributed by atoms with Crippen LogP contribution in [-0.2, 0) is 14.8 Å². The molecule has 0 aliphatic carbocycles. The number of nitrogens with one attached hydrogen (secondary N) is 1. The Morgan fingerprint density at radius 2 is 1.69 bits per heavy atom. The van der Waals surface area contributed by atoms with Crippen molar-refractivity contribution in [2.75, 3.05) is 18.5 Å². The summed E-state index contributed by atoms with van der Waals surface area (Å²) in [6.45, 7) is 0.191. The van der Waals surface area contributed by atoms with Crippen molar-refractivity contribution in [2.24, 2.45) is 5.14 Å². The molecule has 150 valence electrons. The van der Waals surface area contributed by atoms with Crippen LogP contribution in [0.1, 0.15) is 11.6 Å². The minimum atomic E-state index is -3.83. The van der Waals surface area contributed by atoms with Crippen LogP contribution in [0, 0.1) is 0 Å². The number of primary sulfonamides is 1. The van der Waals surface area contributed by atoms with Crippen LogP contribution in [-0.4, -0.2) is 38.8 Å². The first kappa shape index (κ1) is 19.4. The zero-order chi connectivity index (χ0) is 20.9. The molecule has 2 aromatic carbocycles. The molecule has 3 N–H and O–H groups in total. The lowest BCUT2D eigenvalue weighted by atomic mass is 9.96. The van der Waals surface area contributed by atoms with Gasteiger partial charge in [-0.1, -0.05) is 23.7 Å². The van der Waals surface area contributed by atoms with Gasteiger partial charge in [-0.05, 0) is 42.0 Å². The number of nitrogens with zero attached hydrogens (tertiary/aromatic N) is 2. The van der Waals surface area contributed by atoms with Crippen LogP contribution >= 0.6 is 11.6 Å². The molecule has 0 radical (unpaired) electrons. The third kappa shape index (κ3) is 3.37. The summed E-state index contributed by atoms with van der Waals surface area (Å²) in [5.41, 5.74) is 2.30. The Morgan fingerprint density at radius 3 is 2.28 bits per heavy atom. The summed E-state index contributed by atoms with van der Waals surface area (Å²) in [4.78, 5) is 28.6. The molecule has 0 saturated carbocycles. The average Bonchev–Trinajstić information content (AvgIpc) is 3.02. The summed E-state index contributed by atoms with van der Waals surface area (Å²) in [5, 5.41) is 8.53. The molecule has 0 saturated heterocycles. The van der Waals surface area contributed by atoms with Crippen molar-refractivity contribution < 1.29 is 18.0 Å². The van der Waals surface area contributed by atoms with E-state index in [0.29, 0.717) is 22.0 Å². The number of halogens is 1. The molecule has 4 rings (SSSR count). The minimum Gasteiger partial charge on any atom is -0.327 e. The zero-order valence-electron chi connectivity index (χ0n) is 15.3. The first-order chi connectivity index (χ1) is 13.7. The van der Waals surface area contributed by atoms with Gasteiger partial charge in [-0.3, -0.25) is 9.69 Å². The molecule has 0 spiro atoms. The second kappa shape index (κ2) is 6.87. The van der Waals surface area contributed by atoms with Crippen LogP contribution < -0.4 is 15.4 Å². The number of nitrogens with two attached hydrogens (primary N) is 1. The lowest BCUT2D eigenvalue weighted by Gasteiger charge is -2.31. The van der Waals surface area contributed by atoms with Crippen LogP contribution in [0.3, 0.4) is 0 Å². The van der Waals surface area contributed by atoms with Gasteiger partial charge in [0.2, 0.25) is 10.0 Å². The molecule has 3 amide bonds. The maximum Gasteiger partial charge on any atom is 0.322 e. The van der Waals surface area contributed by atoms with Crippen LogP contribution in [0.25, 0.3) is 0 Å². The Labute approximate surface area is 172 Å². The van der Waals surface area contributed by atoms with Crippen molar-refractivity contribution in [1.82, 2.24) is 10.2 Å². The Morgan fingerprint density at radius 1 is 1.07 bits per heavy atom. The monoisotopic (exact) mass is 432 g/mol. The summed E-state index contributed by atoms with van der Waals surface area (Å²) in [6, 6.07) is 11.7. The molecule has 0 bridgehead atoms. The molecule has 2 aliphatic heterocycles. The Balaban J connectivity index is 1.71. The fraction of sp³-hybridized carbons (Fsp3) is 0.158. The van der Waals surface area contributed by atoms with Gasteiger partial charge in [-0.2, -0.15) is 0 Å². The molecular formula is C19H17ClN4O4S. The predicted octanol–water partition coefficient (Wildman–Crippen LogP) is 1.98. The first-order valence-corrected chi connectivity index (χ1v) is 10.6. The molecule has 29 heavy (non-hydrogen) atoms. The highest BCUT2D eigenvalue weighted by Gasteiger charge is 2.43. The Hall–Kier alpha value is -2.88. The second-order valence-corrected chi connectivity index (χ2v) is 8.78. The molecule has 10 heteroatoms. The van der Waals surface area contributed by atoms with Gasteiger partial charge in [-0.15, -0.1) is 0 Å². The number of carbonyl (C=O) groups excluding carboxylic acids is 2. The van der Waals surface area contributed by atoms with Gasteiger partial charge in [-0.25, -0.2) is 18.4 Å². The van der Waals surface area contributed by atoms with Crippen LogP contribution in [0.15, 0.2) is 64.7 Å². The molecule has 0 fully saturated rings. The van der Waals surface area contributed by atoms with E-state index in [9.17, 15) is 18.0 Å². The minimum absolute atomic E-state index is 0.0429. The summed E-state index contributed by atoms with van der Waals surface area (Å²) in [6.07, 6.45) is 0. The summed E-state index contributed by atoms with van der Waals surface area (Å²) >= 11 is 5.96. The number of anilines is 1. The molecule has 8 nitrogen and oxygen atoms in total. The largest absolute Gasteiger partial charge is 0.327 e. The molecule has 2 heterocycles. The van der Waals surface area contributed by atoms with Gasteiger partial charge >= 0.3 is 6.03 Å².